The molecule has 1 saturated heterocycles. The fourth-order valence-electron chi connectivity index (χ4n) is 3.01. The first-order chi connectivity index (χ1) is 14.4. The standard InChI is InChI=1S/C21H14FN3O5/c22-17-7-2-1-4-14(17)12-24-20(26)18(23-21(24)27)11-16-8-9-19(30-16)13-5-3-6-15(10-13)25(28)29/h1-11H,12H2,(H,23,27)/b18-11+. The minimum atomic E-state index is -0.667. The van der Waals surface area contributed by atoms with Crippen molar-refractivity contribution < 1.29 is 23.3 Å². The third kappa shape index (κ3) is 3.68. The number of benzene rings is 2. The van der Waals surface area contributed by atoms with Gasteiger partial charge in [-0.15, -0.1) is 0 Å². The molecule has 1 aliphatic heterocycles. The lowest BCUT2D eigenvalue weighted by Gasteiger charge is -2.12. The van der Waals surface area contributed by atoms with E-state index >= 15 is 0 Å². The Morgan fingerprint density at radius 2 is 1.90 bits per heavy atom. The number of carbonyl (C=O) groups is 2. The number of nitrogens with one attached hydrogen (secondary N) is 1. The Hall–Kier alpha value is -4.27. The van der Waals surface area contributed by atoms with Crippen molar-refractivity contribution in [1.82, 2.24) is 10.2 Å². The van der Waals surface area contributed by atoms with E-state index in [4.69, 9.17) is 4.42 Å². The number of hydrogen-bond donors (Lipinski definition) is 1. The topological polar surface area (TPSA) is 106 Å². The van der Waals surface area contributed by atoms with Crippen LogP contribution in [0.4, 0.5) is 14.9 Å². The number of rotatable bonds is 5. The molecule has 0 atom stereocenters. The zero-order valence-corrected chi connectivity index (χ0v) is 15.4. The summed E-state index contributed by atoms with van der Waals surface area (Å²) < 4.78 is 19.5. The van der Waals surface area contributed by atoms with E-state index in [1.165, 1.54) is 42.5 Å². The molecule has 3 aromatic rings. The summed E-state index contributed by atoms with van der Waals surface area (Å²) in [5, 5.41) is 13.4. The molecule has 0 radical (unpaired) electrons. The van der Waals surface area contributed by atoms with Crippen molar-refractivity contribution >= 4 is 23.7 Å². The van der Waals surface area contributed by atoms with E-state index in [0.717, 1.165) is 4.90 Å². The Balaban J connectivity index is 1.55. The second kappa shape index (κ2) is 7.63. The van der Waals surface area contributed by atoms with Crippen LogP contribution >= 0.6 is 0 Å². The maximum absolute atomic E-state index is 13.8. The van der Waals surface area contributed by atoms with Crippen LogP contribution < -0.4 is 5.32 Å². The van der Waals surface area contributed by atoms with E-state index < -0.39 is 22.7 Å². The van der Waals surface area contributed by atoms with Crippen LogP contribution in [0.2, 0.25) is 0 Å². The van der Waals surface area contributed by atoms with Gasteiger partial charge in [-0.05, 0) is 18.2 Å². The highest BCUT2D eigenvalue weighted by molar-refractivity contribution is 6.13. The van der Waals surface area contributed by atoms with Gasteiger partial charge >= 0.3 is 6.03 Å². The summed E-state index contributed by atoms with van der Waals surface area (Å²) in [4.78, 5) is 36.1. The molecule has 4 rings (SSSR count). The first kappa shape index (κ1) is 19.1. The van der Waals surface area contributed by atoms with Crippen LogP contribution in [0.15, 0.2) is 70.8 Å². The van der Waals surface area contributed by atoms with Crippen LogP contribution in [0.25, 0.3) is 17.4 Å². The summed E-state index contributed by atoms with van der Waals surface area (Å²) in [6, 6.07) is 14.3. The number of carbonyl (C=O) groups excluding carboxylic acids is 2. The third-order valence-electron chi connectivity index (χ3n) is 4.50. The molecule has 1 N–H and O–H groups in total. The highest BCUT2D eigenvalue weighted by Gasteiger charge is 2.34. The molecule has 150 valence electrons. The Morgan fingerprint density at radius 3 is 2.67 bits per heavy atom. The summed E-state index contributed by atoms with van der Waals surface area (Å²) in [6.07, 6.45) is 1.35. The maximum Gasteiger partial charge on any atom is 0.329 e. The van der Waals surface area contributed by atoms with Gasteiger partial charge in [-0.25, -0.2) is 9.18 Å². The predicted octanol–water partition coefficient (Wildman–Crippen LogP) is 4.09. The molecule has 1 fully saturated rings. The molecule has 30 heavy (non-hydrogen) atoms. The van der Waals surface area contributed by atoms with Gasteiger partial charge < -0.3 is 9.73 Å². The first-order valence-electron chi connectivity index (χ1n) is 8.85. The van der Waals surface area contributed by atoms with E-state index in [1.54, 1.807) is 24.3 Å². The van der Waals surface area contributed by atoms with E-state index in [9.17, 15) is 24.1 Å². The van der Waals surface area contributed by atoms with Gasteiger partial charge in [0.15, 0.2) is 0 Å². The molecule has 0 unspecified atom stereocenters. The van der Waals surface area contributed by atoms with Crippen LogP contribution in [-0.2, 0) is 11.3 Å². The lowest BCUT2D eigenvalue weighted by Crippen LogP contribution is -2.30. The molecule has 0 saturated carbocycles. The van der Waals surface area contributed by atoms with Gasteiger partial charge in [0.2, 0.25) is 0 Å². The maximum atomic E-state index is 13.8. The number of hydrogen-bond acceptors (Lipinski definition) is 5. The zero-order chi connectivity index (χ0) is 21.3. The molecule has 0 aliphatic carbocycles. The van der Waals surface area contributed by atoms with Gasteiger partial charge in [-0.1, -0.05) is 30.3 Å². The molecule has 1 aromatic heterocycles. The number of nitro benzene ring substituents is 1. The summed E-state index contributed by atoms with van der Waals surface area (Å²) >= 11 is 0. The molecule has 3 amide bonds. The predicted molar refractivity (Wildman–Crippen MR) is 104 cm³/mol. The number of halogens is 1. The second-order valence-corrected chi connectivity index (χ2v) is 6.48. The largest absolute Gasteiger partial charge is 0.457 e. The van der Waals surface area contributed by atoms with Crippen molar-refractivity contribution in [2.75, 3.05) is 0 Å². The quantitative estimate of drug-likeness (QED) is 0.297. The fraction of sp³-hybridized carbons (Fsp3) is 0.0476. The normalized spacial score (nSPS) is 15.0. The van der Waals surface area contributed by atoms with Crippen molar-refractivity contribution in [1.29, 1.82) is 0 Å². The lowest BCUT2D eigenvalue weighted by molar-refractivity contribution is -0.384. The van der Waals surface area contributed by atoms with Gasteiger partial charge in [0, 0.05) is 29.3 Å². The number of non-ortho nitro benzene ring substituents is 1. The molecule has 2 heterocycles. The Morgan fingerprint density at radius 1 is 1.10 bits per heavy atom. The van der Waals surface area contributed by atoms with Crippen LogP contribution in [0, 0.1) is 15.9 Å². The number of furan rings is 1. The van der Waals surface area contributed by atoms with Crippen LogP contribution in [0.1, 0.15) is 11.3 Å². The van der Waals surface area contributed by atoms with Crippen LogP contribution in [-0.4, -0.2) is 21.8 Å². The van der Waals surface area contributed by atoms with Gasteiger partial charge in [0.1, 0.15) is 23.0 Å². The molecule has 1 aliphatic rings. The number of urea groups is 1. The fourth-order valence-corrected chi connectivity index (χ4v) is 3.01. The monoisotopic (exact) mass is 407 g/mol. The smallest absolute Gasteiger partial charge is 0.329 e. The van der Waals surface area contributed by atoms with Crippen molar-refractivity contribution in [3.8, 4) is 11.3 Å². The highest BCUT2D eigenvalue weighted by Crippen LogP contribution is 2.27. The van der Waals surface area contributed by atoms with Gasteiger partial charge in [0.05, 0.1) is 11.5 Å². The zero-order valence-electron chi connectivity index (χ0n) is 15.4. The molecular formula is C21H14FN3O5. The number of imide groups is 1. The minimum Gasteiger partial charge on any atom is -0.457 e. The Labute approximate surface area is 169 Å². The highest BCUT2D eigenvalue weighted by atomic mass is 19.1. The average Bonchev–Trinajstić information content (AvgIpc) is 3.30. The molecule has 0 spiro atoms. The van der Waals surface area contributed by atoms with Crippen LogP contribution in [0.5, 0.6) is 0 Å². The van der Waals surface area contributed by atoms with E-state index in [2.05, 4.69) is 5.32 Å². The summed E-state index contributed by atoms with van der Waals surface area (Å²) in [5.74, 6) is -0.488. The third-order valence-corrected chi connectivity index (χ3v) is 4.50. The van der Waals surface area contributed by atoms with Gasteiger partial charge in [-0.2, -0.15) is 0 Å². The number of nitro groups is 1. The van der Waals surface area contributed by atoms with E-state index in [1.807, 2.05) is 0 Å². The SMILES string of the molecule is O=C1N/C(=C/c2ccc(-c3cccc([N+](=O)[O-])c3)o2)C(=O)N1Cc1ccccc1F. The lowest BCUT2D eigenvalue weighted by atomic mass is 10.1. The molecule has 0 bridgehead atoms. The molecule has 2 aromatic carbocycles. The molecule has 9 heteroatoms. The Bertz CT molecular complexity index is 1200. The van der Waals surface area contributed by atoms with Crippen molar-refractivity contribution in [2.24, 2.45) is 0 Å². The van der Waals surface area contributed by atoms with E-state index in [-0.39, 0.29) is 29.3 Å². The number of amides is 3. The van der Waals surface area contributed by atoms with Crippen LogP contribution in [0.3, 0.4) is 0 Å². The van der Waals surface area contributed by atoms with Gasteiger partial charge in [-0.3, -0.25) is 19.8 Å². The average molecular weight is 407 g/mol. The summed E-state index contributed by atoms with van der Waals surface area (Å²) in [6.45, 7) is -0.203. The number of nitrogens with zero attached hydrogens (tertiary/aromatic N) is 2. The minimum absolute atomic E-state index is 0.0173. The van der Waals surface area contributed by atoms with E-state index in [0.29, 0.717) is 11.3 Å². The van der Waals surface area contributed by atoms with Gasteiger partial charge in [0.25, 0.3) is 11.6 Å². The van der Waals surface area contributed by atoms with Crippen molar-refractivity contribution in [3.05, 3.63) is 93.6 Å². The first-order valence-corrected chi connectivity index (χ1v) is 8.85. The summed E-state index contributed by atoms with van der Waals surface area (Å²) in [5.41, 5.74) is 0.618. The second-order valence-electron chi connectivity index (χ2n) is 6.48. The molecule has 8 nitrogen and oxygen atoms in total. The van der Waals surface area contributed by atoms with Crippen molar-refractivity contribution in [3.63, 3.8) is 0 Å². The molecular weight excluding hydrogens is 393 g/mol. The van der Waals surface area contributed by atoms with Crippen molar-refractivity contribution in [2.45, 2.75) is 6.54 Å². The summed E-state index contributed by atoms with van der Waals surface area (Å²) in [7, 11) is 0. The Kier molecular flexibility index (Phi) is 4.85.